The molecule has 0 unspecified atom stereocenters. The highest BCUT2D eigenvalue weighted by Gasteiger charge is 2.15. The predicted molar refractivity (Wildman–Crippen MR) is 106 cm³/mol. The molecular weight excluding hydrogens is 366 g/mol. The van der Waals surface area contributed by atoms with E-state index in [0.717, 1.165) is 24.3 Å². The summed E-state index contributed by atoms with van der Waals surface area (Å²) in [5, 5.41) is 5.95. The minimum atomic E-state index is -0.676. The highest BCUT2D eigenvalue weighted by atomic mass is 35.5. The van der Waals surface area contributed by atoms with Gasteiger partial charge in [-0.15, -0.1) is 0 Å². The number of nitrogens with one attached hydrogen (secondary N) is 2. The quantitative estimate of drug-likeness (QED) is 0.773. The average Bonchev–Trinajstić information content (AvgIpc) is 2.70. The third kappa shape index (κ3) is 5.70. The zero-order valence-corrected chi connectivity index (χ0v) is 15.7. The number of amides is 2. The molecular formula is C20H22ClN3O3. The number of morpholine rings is 1. The second-order valence-corrected chi connectivity index (χ2v) is 6.67. The van der Waals surface area contributed by atoms with Crippen LogP contribution in [0.2, 0.25) is 5.02 Å². The van der Waals surface area contributed by atoms with Crippen molar-refractivity contribution in [1.29, 1.82) is 0 Å². The second-order valence-electron chi connectivity index (χ2n) is 6.24. The lowest BCUT2D eigenvalue weighted by Gasteiger charge is -2.29. The molecule has 142 valence electrons. The molecule has 2 aromatic rings. The summed E-state index contributed by atoms with van der Waals surface area (Å²) in [5.41, 5.74) is 2.63. The van der Waals surface area contributed by atoms with E-state index in [2.05, 4.69) is 15.5 Å². The van der Waals surface area contributed by atoms with E-state index < -0.39 is 11.8 Å². The summed E-state index contributed by atoms with van der Waals surface area (Å²) in [5.74, 6) is -1.33. The predicted octanol–water partition coefficient (Wildman–Crippen LogP) is 2.47. The second kappa shape index (κ2) is 9.39. The van der Waals surface area contributed by atoms with Gasteiger partial charge in [0.15, 0.2) is 0 Å². The van der Waals surface area contributed by atoms with E-state index in [1.54, 1.807) is 18.2 Å². The Morgan fingerprint density at radius 2 is 1.78 bits per heavy atom. The minimum Gasteiger partial charge on any atom is -0.378 e. The fraction of sp³-hybridized carbons (Fsp3) is 0.300. The molecule has 1 saturated heterocycles. The zero-order chi connectivity index (χ0) is 19.1. The van der Waals surface area contributed by atoms with Gasteiger partial charge in [-0.25, -0.2) is 0 Å². The van der Waals surface area contributed by atoms with Crippen molar-refractivity contribution in [2.45, 2.75) is 6.42 Å². The molecule has 1 aliphatic heterocycles. The van der Waals surface area contributed by atoms with Crippen LogP contribution in [0.4, 0.5) is 11.4 Å². The molecule has 1 fully saturated rings. The van der Waals surface area contributed by atoms with E-state index in [4.69, 9.17) is 16.3 Å². The fourth-order valence-electron chi connectivity index (χ4n) is 2.84. The smallest absolute Gasteiger partial charge is 0.313 e. The third-order valence-corrected chi connectivity index (χ3v) is 4.55. The summed E-state index contributed by atoms with van der Waals surface area (Å²) in [6.45, 7) is 3.37. The van der Waals surface area contributed by atoms with Gasteiger partial charge in [-0.05, 0) is 42.3 Å². The first kappa shape index (κ1) is 19.2. The maximum atomic E-state index is 12.1. The summed E-state index contributed by atoms with van der Waals surface area (Å²) >= 11 is 5.84. The number of carbonyl (C=O) groups excluding carboxylic acids is 2. The van der Waals surface area contributed by atoms with Gasteiger partial charge in [-0.3, -0.25) is 9.59 Å². The van der Waals surface area contributed by atoms with E-state index in [0.29, 0.717) is 36.9 Å². The van der Waals surface area contributed by atoms with Crippen molar-refractivity contribution >= 4 is 34.8 Å². The molecule has 6 nitrogen and oxygen atoms in total. The molecule has 7 heteroatoms. The van der Waals surface area contributed by atoms with Crippen LogP contribution in [0.15, 0.2) is 48.5 Å². The van der Waals surface area contributed by atoms with Gasteiger partial charge in [0, 0.05) is 36.0 Å². The first-order valence-corrected chi connectivity index (χ1v) is 9.26. The standard InChI is InChI=1S/C20H22ClN3O3/c21-16-6-4-15(5-7-16)8-9-22-19(25)20(26)23-17-2-1-3-18(14-17)24-10-12-27-13-11-24/h1-7,14H,8-13H2,(H,22,25)(H,23,26). The Morgan fingerprint density at radius 1 is 1.04 bits per heavy atom. The molecule has 0 spiro atoms. The van der Waals surface area contributed by atoms with Crippen LogP contribution in [0.5, 0.6) is 0 Å². The van der Waals surface area contributed by atoms with Crippen LogP contribution in [0, 0.1) is 0 Å². The maximum Gasteiger partial charge on any atom is 0.313 e. The Balaban J connectivity index is 1.49. The van der Waals surface area contributed by atoms with Crippen molar-refractivity contribution in [1.82, 2.24) is 5.32 Å². The Labute approximate surface area is 163 Å². The lowest BCUT2D eigenvalue weighted by molar-refractivity contribution is -0.136. The summed E-state index contributed by atoms with van der Waals surface area (Å²) in [4.78, 5) is 26.3. The van der Waals surface area contributed by atoms with Crippen LogP contribution in [-0.4, -0.2) is 44.7 Å². The zero-order valence-electron chi connectivity index (χ0n) is 14.9. The van der Waals surface area contributed by atoms with E-state index in [1.165, 1.54) is 0 Å². The summed E-state index contributed by atoms with van der Waals surface area (Å²) in [7, 11) is 0. The summed E-state index contributed by atoms with van der Waals surface area (Å²) in [6, 6.07) is 14.9. The van der Waals surface area contributed by atoms with E-state index >= 15 is 0 Å². The Morgan fingerprint density at radius 3 is 2.52 bits per heavy atom. The first-order chi connectivity index (χ1) is 13.1. The number of benzene rings is 2. The lowest BCUT2D eigenvalue weighted by Crippen LogP contribution is -2.37. The van der Waals surface area contributed by atoms with Gasteiger partial charge < -0.3 is 20.3 Å². The van der Waals surface area contributed by atoms with Crippen molar-refractivity contribution in [2.75, 3.05) is 43.1 Å². The van der Waals surface area contributed by atoms with Gasteiger partial charge in [0.2, 0.25) is 0 Å². The maximum absolute atomic E-state index is 12.1. The van der Waals surface area contributed by atoms with Crippen LogP contribution < -0.4 is 15.5 Å². The normalized spacial score (nSPS) is 13.9. The molecule has 0 radical (unpaired) electrons. The van der Waals surface area contributed by atoms with E-state index in [1.807, 2.05) is 30.3 Å². The molecule has 0 bridgehead atoms. The number of anilines is 2. The molecule has 0 saturated carbocycles. The van der Waals surface area contributed by atoms with Gasteiger partial charge >= 0.3 is 11.8 Å². The molecule has 0 aromatic heterocycles. The fourth-order valence-corrected chi connectivity index (χ4v) is 2.97. The highest BCUT2D eigenvalue weighted by Crippen LogP contribution is 2.20. The Hall–Kier alpha value is -2.57. The average molecular weight is 388 g/mol. The topological polar surface area (TPSA) is 70.7 Å². The van der Waals surface area contributed by atoms with Crippen molar-refractivity contribution in [3.63, 3.8) is 0 Å². The molecule has 1 aliphatic rings. The number of hydrogen-bond acceptors (Lipinski definition) is 4. The number of halogens is 1. The van der Waals surface area contributed by atoms with E-state index in [9.17, 15) is 9.59 Å². The van der Waals surface area contributed by atoms with Crippen molar-refractivity contribution in [2.24, 2.45) is 0 Å². The number of nitrogens with zero attached hydrogens (tertiary/aromatic N) is 1. The molecule has 2 N–H and O–H groups in total. The van der Waals surface area contributed by atoms with Gasteiger partial charge in [0.1, 0.15) is 0 Å². The Kier molecular flexibility index (Phi) is 6.68. The van der Waals surface area contributed by atoms with Crippen LogP contribution in [0.1, 0.15) is 5.56 Å². The van der Waals surface area contributed by atoms with Crippen molar-refractivity contribution in [3.05, 3.63) is 59.1 Å². The minimum absolute atomic E-state index is 0.377. The van der Waals surface area contributed by atoms with Crippen molar-refractivity contribution in [3.8, 4) is 0 Å². The largest absolute Gasteiger partial charge is 0.378 e. The molecule has 2 aromatic carbocycles. The van der Waals surface area contributed by atoms with Crippen LogP contribution in [-0.2, 0) is 20.7 Å². The highest BCUT2D eigenvalue weighted by molar-refractivity contribution is 6.39. The van der Waals surface area contributed by atoms with Gasteiger partial charge in [0.25, 0.3) is 0 Å². The monoisotopic (exact) mass is 387 g/mol. The molecule has 0 aliphatic carbocycles. The lowest BCUT2D eigenvalue weighted by atomic mass is 10.1. The molecule has 0 atom stereocenters. The van der Waals surface area contributed by atoms with Gasteiger partial charge in [-0.1, -0.05) is 29.8 Å². The number of hydrogen-bond donors (Lipinski definition) is 2. The number of carbonyl (C=O) groups is 2. The first-order valence-electron chi connectivity index (χ1n) is 8.88. The molecule has 1 heterocycles. The van der Waals surface area contributed by atoms with Gasteiger partial charge in [0.05, 0.1) is 13.2 Å². The summed E-state index contributed by atoms with van der Waals surface area (Å²) < 4.78 is 5.35. The third-order valence-electron chi connectivity index (χ3n) is 4.30. The number of ether oxygens (including phenoxy) is 1. The molecule has 3 rings (SSSR count). The van der Waals surface area contributed by atoms with Gasteiger partial charge in [-0.2, -0.15) is 0 Å². The number of rotatable bonds is 5. The molecule has 2 amide bonds. The van der Waals surface area contributed by atoms with Crippen LogP contribution in [0.25, 0.3) is 0 Å². The van der Waals surface area contributed by atoms with Crippen LogP contribution >= 0.6 is 11.6 Å². The molecule has 27 heavy (non-hydrogen) atoms. The summed E-state index contributed by atoms with van der Waals surface area (Å²) in [6.07, 6.45) is 0.628. The SMILES string of the molecule is O=C(NCCc1ccc(Cl)cc1)C(=O)Nc1cccc(N2CCOCC2)c1. The Bertz CT molecular complexity index is 789. The van der Waals surface area contributed by atoms with Crippen LogP contribution in [0.3, 0.4) is 0 Å². The van der Waals surface area contributed by atoms with E-state index in [-0.39, 0.29) is 0 Å². The van der Waals surface area contributed by atoms with Crippen molar-refractivity contribution < 1.29 is 14.3 Å².